The maximum Gasteiger partial charge on any atom is 0.134 e. The summed E-state index contributed by atoms with van der Waals surface area (Å²) in [5.41, 5.74) is 0. The molecule has 0 radical (unpaired) electrons. The Bertz CT molecular complexity index is 491. The zero-order chi connectivity index (χ0) is 11.0. The third kappa shape index (κ3) is 1.80. The summed E-state index contributed by atoms with van der Waals surface area (Å²) in [5, 5.41) is 7.00. The summed E-state index contributed by atoms with van der Waals surface area (Å²) in [6, 6.07) is 4.86. The summed E-state index contributed by atoms with van der Waals surface area (Å²) in [4.78, 5) is 4.46. The van der Waals surface area contributed by atoms with Gasteiger partial charge >= 0.3 is 0 Å². The summed E-state index contributed by atoms with van der Waals surface area (Å²) in [5.74, 6) is 1.93. The van der Waals surface area contributed by atoms with Gasteiger partial charge in [0.15, 0.2) is 0 Å². The molecule has 1 N–H and O–H groups in total. The Hall–Kier alpha value is -1.09. The van der Waals surface area contributed by atoms with Gasteiger partial charge in [-0.2, -0.15) is 0 Å². The van der Waals surface area contributed by atoms with Crippen LogP contribution < -0.4 is 5.32 Å². The fourth-order valence-electron chi connectivity index (χ4n) is 2.54. The summed E-state index contributed by atoms with van der Waals surface area (Å²) < 4.78 is 1.32. The highest BCUT2D eigenvalue weighted by Gasteiger charge is 2.21. The van der Waals surface area contributed by atoms with Crippen molar-refractivity contribution in [3.05, 3.63) is 23.7 Å². The van der Waals surface area contributed by atoms with Crippen molar-refractivity contribution in [2.24, 2.45) is 5.92 Å². The van der Waals surface area contributed by atoms with Crippen molar-refractivity contribution in [1.82, 2.24) is 4.98 Å². The van der Waals surface area contributed by atoms with Gasteiger partial charge < -0.3 is 5.32 Å². The Morgan fingerprint density at radius 1 is 1.38 bits per heavy atom. The Kier molecular flexibility index (Phi) is 2.56. The van der Waals surface area contributed by atoms with E-state index < -0.39 is 0 Å². The standard InChI is InChI=1S/C13H16N2S/c1-9-2-3-10(8-9)15-13-11-5-7-16-12(11)4-6-14-13/h4-7,9-10H,2-3,8H2,1H3,(H,14,15). The maximum absolute atomic E-state index is 4.46. The molecule has 2 aromatic heterocycles. The first-order valence-electron chi connectivity index (χ1n) is 5.91. The second-order valence-electron chi connectivity index (χ2n) is 4.75. The van der Waals surface area contributed by atoms with Gasteiger partial charge in [0.05, 0.1) is 0 Å². The highest BCUT2D eigenvalue weighted by atomic mass is 32.1. The van der Waals surface area contributed by atoms with E-state index in [0.29, 0.717) is 6.04 Å². The van der Waals surface area contributed by atoms with Crippen LogP contribution in [0, 0.1) is 5.92 Å². The van der Waals surface area contributed by atoms with Gasteiger partial charge in [-0.1, -0.05) is 6.92 Å². The number of nitrogens with zero attached hydrogens (tertiary/aromatic N) is 1. The summed E-state index contributed by atoms with van der Waals surface area (Å²) in [6.45, 7) is 2.33. The minimum absolute atomic E-state index is 0.619. The number of rotatable bonds is 2. The molecule has 0 saturated heterocycles. The Labute approximate surface area is 99.7 Å². The molecule has 84 valence electrons. The topological polar surface area (TPSA) is 24.9 Å². The van der Waals surface area contributed by atoms with Crippen LogP contribution in [0.15, 0.2) is 23.7 Å². The number of nitrogens with one attached hydrogen (secondary N) is 1. The molecule has 1 fully saturated rings. The average Bonchev–Trinajstić information content (AvgIpc) is 2.87. The van der Waals surface area contributed by atoms with Gasteiger partial charge in [-0.3, -0.25) is 0 Å². The van der Waals surface area contributed by atoms with Gasteiger partial charge in [0.25, 0.3) is 0 Å². The predicted molar refractivity (Wildman–Crippen MR) is 70.0 cm³/mol. The molecule has 16 heavy (non-hydrogen) atoms. The molecule has 0 spiro atoms. The maximum atomic E-state index is 4.46. The van der Waals surface area contributed by atoms with Crippen LogP contribution in [0.25, 0.3) is 10.1 Å². The number of fused-ring (bicyclic) bond motifs is 1. The summed E-state index contributed by atoms with van der Waals surface area (Å²) >= 11 is 1.78. The molecule has 0 bridgehead atoms. The smallest absolute Gasteiger partial charge is 0.134 e. The Morgan fingerprint density at radius 2 is 2.31 bits per heavy atom. The normalized spacial score (nSPS) is 25.1. The first-order chi connectivity index (χ1) is 7.83. The minimum Gasteiger partial charge on any atom is -0.367 e. The monoisotopic (exact) mass is 232 g/mol. The first-order valence-corrected chi connectivity index (χ1v) is 6.79. The molecule has 1 aliphatic rings. The lowest BCUT2D eigenvalue weighted by molar-refractivity contribution is 0.602. The fourth-order valence-corrected chi connectivity index (χ4v) is 3.32. The lowest BCUT2D eigenvalue weighted by atomic mass is 10.1. The lowest BCUT2D eigenvalue weighted by Crippen LogP contribution is -2.16. The minimum atomic E-state index is 0.619. The predicted octanol–water partition coefficient (Wildman–Crippen LogP) is 3.90. The molecule has 2 nitrogen and oxygen atoms in total. The second kappa shape index (κ2) is 4.06. The van der Waals surface area contributed by atoms with Crippen molar-refractivity contribution >= 4 is 27.2 Å². The van der Waals surface area contributed by atoms with Crippen LogP contribution in [0.4, 0.5) is 5.82 Å². The van der Waals surface area contributed by atoms with Crippen LogP contribution in [0.2, 0.25) is 0 Å². The van der Waals surface area contributed by atoms with Crippen molar-refractivity contribution in [1.29, 1.82) is 0 Å². The lowest BCUT2D eigenvalue weighted by Gasteiger charge is -2.13. The molecule has 0 amide bonds. The molecule has 0 aliphatic heterocycles. The van der Waals surface area contributed by atoms with Crippen LogP contribution in [-0.2, 0) is 0 Å². The van der Waals surface area contributed by atoms with Crippen LogP contribution in [0.3, 0.4) is 0 Å². The molecular weight excluding hydrogens is 216 g/mol. The largest absolute Gasteiger partial charge is 0.367 e. The quantitative estimate of drug-likeness (QED) is 0.849. The van der Waals surface area contributed by atoms with E-state index >= 15 is 0 Å². The van der Waals surface area contributed by atoms with Gasteiger partial charge in [0.1, 0.15) is 5.82 Å². The number of anilines is 1. The molecule has 2 unspecified atom stereocenters. The molecule has 2 heterocycles. The van der Waals surface area contributed by atoms with Crippen molar-refractivity contribution in [3.8, 4) is 0 Å². The third-order valence-corrected chi connectivity index (χ3v) is 4.30. The highest BCUT2D eigenvalue weighted by Crippen LogP contribution is 2.30. The SMILES string of the molecule is CC1CCC(Nc2nccc3sccc23)C1. The fraction of sp³-hybridized carbons (Fsp3) is 0.462. The van der Waals surface area contributed by atoms with Crippen LogP contribution in [0.1, 0.15) is 26.2 Å². The van der Waals surface area contributed by atoms with Crippen LogP contribution in [-0.4, -0.2) is 11.0 Å². The van der Waals surface area contributed by atoms with Crippen molar-refractivity contribution in [2.45, 2.75) is 32.2 Å². The molecule has 2 aromatic rings. The van der Waals surface area contributed by atoms with E-state index in [1.54, 1.807) is 11.3 Å². The second-order valence-corrected chi connectivity index (χ2v) is 5.70. The highest BCUT2D eigenvalue weighted by molar-refractivity contribution is 7.17. The van der Waals surface area contributed by atoms with Gasteiger partial charge in [-0.05, 0) is 42.7 Å². The van der Waals surface area contributed by atoms with Gasteiger partial charge in [-0.25, -0.2) is 4.98 Å². The molecule has 3 heteroatoms. The van der Waals surface area contributed by atoms with Crippen molar-refractivity contribution in [2.75, 3.05) is 5.32 Å². The molecule has 1 aliphatic carbocycles. The molecule has 1 saturated carbocycles. The molecule has 0 aromatic carbocycles. The van der Waals surface area contributed by atoms with E-state index in [0.717, 1.165) is 11.7 Å². The van der Waals surface area contributed by atoms with E-state index in [1.165, 1.54) is 29.3 Å². The Balaban J connectivity index is 1.86. The van der Waals surface area contributed by atoms with Crippen LogP contribution >= 0.6 is 11.3 Å². The van der Waals surface area contributed by atoms with Gasteiger partial charge in [-0.15, -0.1) is 11.3 Å². The average molecular weight is 232 g/mol. The van der Waals surface area contributed by atoms with Crippen LogP contribution in [0.5, 0.6) is 0 Å². The van der Waals surface area contributed by atoms with E-state index in [2.05, 4.69) is 34.7 Å². The number of thiophene rings is 1. The van der Waals surface area contributed by atoms with Gasteiger partial charge in [0, 0.05) is 22.3 Å². The first kappa shape index (κ1) is 10.1. The summed E-state index contributed by atoms with van der Waals surface area (Å²) in [7, 11) is 0. The Morgan fingerprint density at radius 3 is 3.12 bits per heavy atom. The van der Waals surface area contributed by atoms with E-state index in [1.807, 2.05) is 6.20 Å². The third-order valence-electron chi connectivity index (χ3n) is 3.42. The zero-order valence-corrected chi connectivity index (χ0v) is 10.3. The van der Waals surface area contributed by atoms with E-state index in [-0.39, 0.29) is 0 Å². The van der Waals surface area contributed by atoms with E-state index in [9.17, 15) is 0 Å². The zero-order valence-electron chi connectivity index (χ0n) is 9.44. The number of hydrogen-bond acceptors (Lipinski definition) is 3. The number of hydrogen-bond donors (Lipinski definition) is 1. The number of pyridine rings is 1. The number of aromatic nitrogens is 1. The molecular formula is C13H16N2S. The molecule has 3 rings (SSSR count). The van der Waals surface area contributed by atoms with Gasteiger partial charge in [0.2, 0.25) is 0 Å². The van der Waals surface area contributed by atoms with E-state index in [4.69, 9.17) is 0 Å². The van der Waals surface area contributed by atoms with Crippen molar-refractivity contribution < 1.29 is 0 Å². The molecule has 2 atom stereocenters. The summed E-state index contributed by atoms with van der Waals surface area (Å²) in [6.07, 6.45) is 5.81. The van der Waals surface area contributed by atoms with Crippen molar-refractivity contribution in [3.63, 3.8) is 0 Å².